The molecule has 0 saturated carbocycles. The molecule has 1 aliphatic heterocycles. The Bertz CT molecular complexity index is 1900. The third-order valence-corrected chi connectivity index (χ3v) is 10.7. The van der Waals surface area contributed by atoms with E-state index in [1.54, 1.807) is 0 Å². The molecular weight excluding hydrogens is 606 g/mol. The normalized spacial score (nSPS) is 15.6. The van der Waals surface area contributed by atoms with Crippen LogP contribution < -0.4 is 9.47 Å². The minimum Gasteiger partial charge on any atom is -0.456 e. The first-order valence-corrected chi connectivity index (χ1v) is 17.6. The number of nitrogens with zero attached hydrogens (tertiary/aromatic N) is 1. The second kappa shape index (κ2) is 13.3. The fraction of sp³-hybridized carbons (Fsp3) is 0.341. The zero-order chi connectivity index (χ0) is 34.2. The summed E-state index contributed by atoms with van der Waals surface area (Å²) in [7, 11) is 0. The number of fused-ring (bicyclic) bond motifs is 2. The van der Waals surface area contributed by atoms with Crippen molar-refractivity contribution in [3.05, 3.63) is 154 Å². The minimum atomic E-state index is -0.117. The Kier molecular flexibility index (Phi) is 8.87. The van der Waals surface area contributed by atoms with Gasteiger partial charge in [-0.25, -0.2) is 0 Å². The summed E-state index contributed by atoms with van der Waals surface area (Å²) in [6, 6.07) is 35.6. The van der Waals surface area contributed by atoms with Crippen LogP contribution >= 0.6 is 0 Å². The molecule has 2 heterocycles. The first kappa shape index (κ1) is 32.8. The Hall–Kier alpha value is -4.77. The highest BCUT2D eigenvalue weighted by molar-refractivity contribution is 5.91. The summed E-state index contributed by atoms with van der Waals surface area (Å²) in [6.07, 6.45) is 3.77. The zero-order valence-corrected chi connectivity index (χ0v) is 29.4. The van der Waals surface area contributed by atoms with Gasteiger partial charge in [0.15, 0.2) is 17.3 Å². The van der Waals surface area contributed by atoms with Crippen LogP contribution in [0.3, 0.4) is 0 Å². The lowest BCUT2D eigenvalue weighted by molar-refractivity contribution is 0.0705. The van der Waals surface area contributed by atoms with Gasteiger partial charge in [-0.15, -0.1) is 0 Å². The van der Waals surface area contributed by atoms with Gasteiger partial charge in [0.25, 0.3) is 5.91 Å². The van der Waals surface area contributed by atoms with Crippen LogP contribution in [0.5, 0.6) is 11.5 Å². The molecule has 2 aliphatic rings. The molecule has 5 nitrogen and oxygen atoms in total. The number of hydrogen-bond acceptors (Lipinski definition) is 4. The molecule has 1 aromatic heterocycles. The predicted molar refractivity (Wildman–Crippen MR) is 195 cm³/mol. The van der Waals surface area contributed by atoms with Crippen LogP contribution in [0.25, 0.3) is 0 Å². The standard InChI is InChI=1S/C44H47NO4/c1-30-24-37-38(44(4,5)22-21-43(37,2)3)27-34(30)26-35-17-19-40(49-35)42(46)45(28-31-16-18-39-41(25-31)48-29-47-39)23-20-36(32-12-8-6-9-13-32)33-14-10-7-11-15-33/h6-19,24-25,27,36H,20-23,26,28-29H2,1-5H3. The molecule has 0 fully saturated rings. The van der Waals surface area contributed by atoms with Gasteiger partial charge in [0.05, 0.1) is 0 Å². The largest absolute Gasteiger partial charge is 0.456 e. The molecule has 0 saturated heterocycles. The van der Waals surface area contributed by atoms with Crippen LogP contribution in [0.15, 0.2) is 108 Å². The third-order valence-electron chi connectivity index (χ3n) is 10.7. The van der Waals surface area contributed by atoms with Gasteiger partial charge in [-0.3, -0.25) is 4.79 Å². The topological polar surface area (TPSA) is 51.9 Å². The molecule has 4 aromatic carbocycles. The molecule has 5 aromatic rings. The second-order valence-corrected chi connectivity index (χ2v) is 15.1. The first-order chi connectivity index (χ1) is 23.6. The van der Waals surface area contributed by atoms with Crippen molar-refractivity contribution in [2.75, 3.05) is 13.3 Å². The van der Waals surface area contributed by atoms with E-state index >= 15 is 0 Å². The van der Waals surface area contributed by atoms with E-state index in [4.69, 9.17) is 13.9 Å². The van der Waals surface area contributed by atoms with Crippen molar-refractivity contribution >= 4 is 5.91 Å². The average Bonchev–Trinajstić information content (AvgIpc) is 3.77. The van der Waals surface area contributed by atoms with Crippen molar-refractivity contribution in [3.8, 4) is 11.5 Å². The van der Waals surface area contributed by atoms with Gasteiger partial charge in [0, 0.05) is 25.4 Å². The Morgan fingerprint density at radius 3 is 2.06 bits per heavy atom. The number of benzene rings is 4. The Morgan fingerprint density at radius 2 is 1.39 bits per heavy atom. The fourth-order valence-corrected chi connectivity index (χ4v) is 7.58. The van der Waals surface area contributed by atoms with Gasteiger partial charge in [0.1, 0.15) is 5.76 Å². The predicted octanol–water partition coefficient (Wildman–Crippen LogP) is 10.1. The zero-order valence-electron chi connectivity index (χ0n) is 29.4. The summed E-state index contributed by atoms with van der Waals surface area (Å²) in [5.41, 5.74) is 9.17. The summed E-state index contributed by atoms with van der Waals surface area (Å²) in [5.74, 6) is 2.63. The van der Waals surface area contributed by atoms with Crippen LogP contribution in [0, 0.1) is 6.92 Å². The molecule has 0 N–H and O–H groups in total. The van der Waals surface area contributed by atoms with Crippen molar-refractivity contribution in [3.63, 3.8) is 0 Å². The maximum absolute atomic E-state index is 14.3. The first-order valence-electron chi connectivity index (χ1n) is 17.6. The monoisotopic (exact) mass is 653 g/mol. The highest BCUT2D eigenvalue weighted by Gasteiger charge is 2.37. The van der Waals surface area contributed by atoms with Crippen LogP contribution in [0.2, 0.25) is 0 Å². The molecule has 0 atom stereocenters. The molecule has 5 heteroatoms. The molecule has 0 radical (unpaired) electrons. The molecule has 252 valence electrons. The number of furan rings is 1. The number of rotatable bonds is 10. The fourth-order valence-electron chi connectivity index (χ4n) is 7.58. The lowest BCUT2D eigenvalue weighted by Gasteiger charge is -2.42. The lowest BCUT2D eigenvalue weighted by Crippen LogP contribution is -2.34. The molecule has 0 spiro atoms. The molecule has 7 rings (SSSR count). The second-order valence-electron chi connectivity index (χ2n) is 15.1. The van der Waals surface area contributed by atoms with Gasteiger partial charge in [0.2, 0.25) is 6.79 Å². The van der Waals surface area contributed by atoms with Crippen LogP contribution in [-0.2, 0) is 23.8 Å². The molecular formula is C44H47NO4. The Balaban J connectivity index is 1.16. The van der Waals surface area contributed by atoms with E-state index in [1.165, 1.54) is 46.2 Å². The lowest BCUT2D eigenvalue weighted by atomic mass is 9.62. The van der Waals surface area contributed by atoms with E-state index in [-0.39, 0.29) is 29.4 Å². The Labute approximate surface area is 290 Å². The van der Waals surface area contributed by atoms with Crippen LogP contribution in [0.4, 0.5) is 0 Å². The molecule has 1 amide bonds. The third kappa shape index (κ3) is 6.90. The van der Waals surface area contributed by atoms with E-state index in [0.29, 0.717) is 31.0 Å². The van der Waals surface area contributed by atoms with Gasteiger partial charge in [-0.1, -0.05) is 107 Å². The summed E-state index contributed by atoms with van der Waals surface area (Å²) in [5, 5.41) is 0. The van der Waals surface area contributed by atoms with Crippen molar-refractivity contribution in [1.29, 1.82) is 0 Å². The quantitative estimate of drug-likeness (QED) is 0.151. The number of aryl methyl sites for hydroxylation is 1. The van der Waals surface area contributed by atoms with Crippen molar-refractivity contribution < 1.29 is 18.7 Å². The minimum absolute atomic E-state index is 0.117. The smallest absolute Gasteiger partial charge is 0.289 e. The van der Waals surface area contributed by atoms with E-state index in [1.807, 2.05) is 47.4 Å². The molecule has 1 aliphatic carbocycles. The SMILES string of the molecule is Cc1cc2c(cc1Cc1ccc(C(=O)N(CCC(c3ccccc3)c3ccccc3)Cc3ccc4c(c3)OCO4)o1)C(C)(C)CCC2(C)C. The number of carbonyl (C=O) groups excluding carboxylic acids is 1. The summed E-state index contributed by atoms with van der Waals surface area (Å²) < 4.78 is 17.6. The maximum atomic E-state index is 14.3. The van der Waals surface area contributed by atoms with Crippen molar-refractivity contribution in [2.45, 2.75) is 83.6 Å². The number of ether oxygens (including phenoxy) is 2. The summed E-state index contributed by atoms with van der Waals surface area (Å²) >= 11 is 0. The van der Waals surface area contributed by atoms with E-state index in [9.17, 15) is 4.79 Å². The highest BCUT2D eigenvalue weighted by Crippen LogP contribution is 2.46. The molecule has 0 unspecified atom stereocenters. The number of carbonyl (C=O) groups is 1. The van der Waals surface area contributed by atoms with Crippen molar-refractivity contribution in [1.82, 2.24) is 4.90 Å². The Morgan fingerprint density at radius 1 is 0.755 bits per heavy atom. The van der Waals surface area contributed by atoms with Gasteiger partial charge >= 0.3 is 0 Å². The summed E-state index contributed by atoms with van der Waals surface area (Å²) in [4.78, 5) is 16.2. The van der Waals surface area contributed by atoms with Gasteiger partial charge in [-0.2, -0.15) is 0 Å². The number of hydrogen-bond donors (Lipinski definition) is 0. The van der Waals surface area contributed by atoms with Crippen LogP contribution in [0.1, 0.15) is 108 Å². The van der Waals surface area contributed by atoms with Crippen LogP contribution in [-0.4, -0.2) is 24.1 Å². The summed E-state index contributed by atoms with van der Waals surface area (Å²) in [6.45, 7) is 12.8. The highest BCUT2D eigenvalue weighted by atomic mass is 16.7. The van der Waals surface area contributed by atoms with Gasteiger partial charge in [-0.05, 0) is 100 Å². The van der Waals surface area contributed by atoms with Gasteiger partial charge < -0.3 is 18.8 Å². The molecule has 49 heavy (non-hydrogen) atoms. The maximum Gasteiger partial charge on any atom is 0.289 e. The van der Waals surface area contributed by atoms with Crippen molar-refractivity contribution in [2.24, 2.45) is 0 Å². The van der Waals surface area contributed by atoms with E-state index in [0.717, 1.165) is 23.5 Å². The van der Waals surface area contributed by atoms with E-state index in [2.05, 4.69) is 95.3 Å². The van der Waals surface area contributed by atoms with E-state index < -0.39 is 0 Å². The average molecular weight is 654 g/mol. The molecule has 0 bridgehead atoms. The number of amides is 1.